The fourth-order valence-corrected chi connectivity index (χ4v) is 4.16. The molecule has 2 aliphatic rings. The summed E-state index contributed by atoms with van der Waals surface area (Å²) >= 11 is 0. The second-order valence-corrected chi connectivity index (χ2v) is 8.39. The van der Waals surface area contributed by atoms with E-state index in [1.807, 2.05) is 54.2 Å². The van der Waals surface area contributed by atoms with Crippen molar-refractivity contribution in [3.05, 3.63) is 36.4 Å². The van der Waals surface area contributed by atoms with E-state index in [9.17, 15) is 9.59 Å². The van der Waals surface area contributed by atoms with Gasteiger partial charge >= 0.3 is 0 Å². The molecule has 0 N–H and O–H groups in total. The van der Waals surface area contributed by atoms with Crippen LogP contribution in [-0.2, 0) is 9.59 Å². The number of carbonyl (C=O) groups is 2. The number of rotatable bonds is 6. The predicted octanol–water partition coefficient (Wildman–Crippen LogP) is 1.97. The highest BCUT2D eigenvalue weighted by Gasteiger charge is 2.38. The molecule has 4 rings (SSSR count). The first kappa shape index (κ1) is 21.9. The Labute approximate surface area is 187 Å². The molecule has 32 heavy (non-hydrogen) atoms. The molecule has 9 heteroatoms. The van der Waals surface area contributed by atoms with Crippen molar-refractivity contribution in [1.29, 1.82) is 0 Å². The molecule has 170 valence electrons. The van der Waals surface area contributed by atoms with Crippen LogP contribution < -0.4 is 19.3 Å². The third-order valence-electron chi connectivity index (χ3n) is 5.92. The van der Waals surface area contributed by atoms with Crippen molar-refractivity contribution in [3.63, 3.8) is 0 Å². The normalized spacial score (nSPS) is 20.9. The van der Waals surface area contributed by atoms with Crippen molar-refractivity contribution in [2.45, 2.75) is 25.4 Å². The molecule has 2 aromatic rings. The number of anilines is 2. The molecule has 2 atom stereocenters. The lowest BCUT2D eigenvalue weighted by atomic mass is 10.0. The fourth-order valence-electron chi connectivity index (χ4n) is 4.16. The lowest BCUT2D eigenvalue weighted by Gasteiger charge is -2.34. The number of piperidine rings is 1. The summed E-state index contributed by atoms with van der Waals surface area (Å²) in [5.41, 5.74) is 0.783. The Morgan fingerprint density at radius 1 is 1.09 bits per heavy atom. The highest BCUT2D eigenvalue weighted by atomic mass is 16.5. The molecule has 0 spiro atoms. The highest BCUT2D eigenvalue weighted by molar-refractivity contribution is 6.00. The second-order valence-electron chi connectivity index (χ2n) is 8.39. The molecule has 0 aliphatic carbocycles. The molecule has 0 saturated carbocycles. The van der Waals surface area contributed by atoms with Crippen LogP contribution in [0, 0.1) is 5.92 Å². The second kappa shape index (κ2) is 9.42. The van der Waals surface area contributed by atoms with Gasteiger partial charge in [-0.3, -0.25) is 9.59 Å². The fraction of sp³-hybridized carbons (Fsp3) is 0.478. The molecule has 9 nitrogen and oxygen atoms in total. The van der Waals surface area contributed by atoms with Crippen LogP contribution in [0.5, 0.6) is 11.6 Å². The molecular weight excluding hydrogens is 410 g/mol. The van der Waals surface area contributed by atoms with Crippen LogP contribution in [0.15, 0.2) is 36.4 Å². The number of hydrogen-bond donors (Lipinski definition) is 0. The molecule has 2 saturated heterocycles. The van der Waals surface area contributed by atoms with Gasteiger partial charge in [0.25, 0.3) is 0 Å². The Bertz CT molecular complexity index is 948. The number of methoxy groups -OCH3 is 1. The van der Waals surface area contributed by atoms with Crippen LogP contribution in [0.25, 0.3) is 0 Å². The van der Waals surface area contributed by atoms with Crippen molar-refractivity contribution in [3.8, 4) is 11.6 Å². The molecule has 0 bridgehead atoms. The minimum atomic E-state index is -0.345. The van der Waals surface area contributed by atoms with Crippen LogP contribution in [0.4, 0.5) is 11.5 Å². The van der Waals surface area contributed by atoms with Crippen molar-refractivity contribution >= 4 is 23.3 Å². The summed E-state index contributed by atoms with van der Waals surface area (Å²) in [6, 6.07) is 11.0. The van der Waals surface area contributed by atoms with Gasteiger partial charge in [0.2, 0.25) is 17.7 Å². The van der Waals surface area contributed by atoms with Crippen molar-refractivity contribution in [2.75, 3.05) is 50.6 Å². The Balaban J connectivity index is 1.36. The molecule has 2 amide bonds. The molecule has 2 unspecified atom stereocenters. The average molecular weight is 440 g/mol. The summed E-state index contributed by atoms with van der Waals surface area (Å²) < 4.78 is 11.2. The number of aromatic nitrogens is 2. The van der Waals surface area contributed by atoms with E-state index < -0.39 is 0 Å². The molecular formula is C23H29N5O4. The van der Waals surface area contributed by atoms with Crippen LogP contribution in [-0.4, -0.2) is 73.9 Å². The zero-order chi connectivity index (χ0) is 22.7. The zero-order valence-corrected chi connectivity index (χ0v) is 18.7. The topological polar surface area (TPSA) is 88.1 Å². The van der Waals surface area contributed by atoms with E-state index >= 15 is 0 Å². The van der Waals surface area contributed by atoms with Crippen molar-refractivity contribution in [1.82, 2.24) is 15.1 Å². The van der Waals surface area contributed by atoms with E-state index in [2.05, 4.69) is 10.2 Å². The summed E-state index contributed by atoms with van der Waals surface area (Å²) in [7, 11) is 5.41. The van der Waals surface area contributed by atoms with Gasteiger partial charge in [-0.05, 0) is 43.2 Å². The lowest BCUT2D eigenvalue weighted by molar-refractivity contribution is -0.138. The number of likely N-dealkylation sites (tertiary alicyclic amines) is 1. The average Bonchev–Trinajstić information content (AvgIpc) is 3.20. The van der Waals surface area contributed by atoms with Gasteiger partial charge < -0.3 is 24.2 Å². The van der Waals surface area contributed by atoms with Crippen LogP contribution >= 0.6 is 0 Å². The van der Waals surface area contributed by atoms with E-state index in [1.54, 1.807) is 18.1 Å². The van der Waals surface area contributed by atoms with Crippen LogP contribution in [0.3, 0.4) is 0 Å². The summed E-state index contributed by atoms with van der Waals surface area (Å²) in [6.45, 7) is 1.56. The third-order valence-corrected chi connectivity index (χ3v) is 5.92. The molecule has 1 aromatic carbocycles. The Morgan fingerprint density at radius 2 is 1.88 bits per heavy atom. The van der Waals surface area contributed by atoms with Gasteiger partial charge in [0, 0.05) is 45.4 Å². The maximum Gasteiger partial charge on any atom is 0.233 e. The van der Waals surface area contributed by atoms with Gasteiger partial charge in [-0.15, -0.1) is 10.2 Å². The van der Waals surface area contributed by atoms with E-state index in [0.717, 1.165) is 30.1 Å². The van der Waals surface area contributed by atoms with E-state index in [0.29, 0.717) is 25.5 Å². The summed E-state index contributed by atoms with van der Waals surface area (Å²) in [5.74, 6) is 1.57. The lowest BCUT2D eigenvalue weighted by Crippen LogP contribution is -2.47. The Hall–Kier alpha value is -3.36. The molecule has 3 heterocycles. The largest absolute Gasteiger partial charge is 0.497 e. The number of ether oxygens (including phenoxy) is 2. The van der Waals surface area contributed by atoms with Crippen LogP contribution in [0.1, 0.15) is 19.3 Å². The highest BCUT2D eigenvalue weighted by Crippen LogP contribution is 2.29. The molecule has 0 radical (unpaired) electrons. The summed E-state index contributed by atoms with van der Waals surface area (Å²) in [5, 5.41) is 8.27. The summed E-state index contributed by atoms with van der Waals surface area (Å²) in [6.07, 6.45) is 1.79. The van der Waals surface area contributed by atoms with Crippen LogP contribution in [0.2, 0.25) is 0 Å². The minimum absolute atomic E-state index is 0.0108. The van der Waals surface area contributed by atoms with Gasteiger partial charge in [0.05, 0.1) is 19.6 Å². The van der Waals surface area contributed by atoms with E-state index in [1.165, 1.54) is 0 Å². The first-order chi connectivity index (χ1) is 15.4. The van der Waals surface area contributed by atoms with Gasteiger partial charge in [-0.25, -0.2) is 0 Å². The minimum Gasteiger partial charge on any atom is -0.497 e. The summed E-state index contributed by atoms with van der Waals surface area (Å²) in [4.78, 5) is 31.1. The monoisotopic (exact) mass is 439 g/mol. The standard InChI is InChI=1S/C23H29N5O4/c1-26(2)20-10-11-21(25-24-20)32-19-5-4-12-27(15-19)23(30)16-13-22(29)28(14-16)17-6-8-18(31-3)9-7-17/h6-11,16,19H,4-5,12-15H2,1-3H3. The number of carbonyl (C=O) groups excluding carboxylic acids is 2. The molecule has 1 aromatic heterocycles. The van der Waals surface area contributed by atoms with Crippen molar-refractivity contribution < 1.29 is 19.1 Å². The number of hydrogen-bond acceptors (Lipinski definition) is 7. The van der Waals surface area contributed by atoms with Gasteiger partial charge in [-0.2, -0.15) is 0 Å². The zero-order valence-electron chi connectivity index (χ0n) is 18.7. The molecule has 2 fully saturated rings. The quantitative estimate of drug-likeness (QED) is 0.680. The first-order valence-electron chi connectivity index (χ1n) is 10.9. The third kappa shape index (κ3) is 4.76. The first-order valence-corrected chi connectivity index (χ1v) is 10.9. The number of benzene rings is 1. The maximum atomic E-state index is 13.2. The number of amides is 2. The smallest absolute Gasteiger partial charge is 0.233 e. The van der Waals surface area contributed by atoms with Gasteiger partial charge in [-0.1, -0.05) is 0 Å². The predicted molar refractivity (Wildman–Crippen MR) is 120 cm³/mol. The van der Waals surface area contributed by atoms with E-state index in [4.69, 9.17) is 9.47 Å². The van der Waals surface area contributed by atoms with Gasteiger partial charge in [0.1, 0.15) is 11.9 Å². The van der Waals surface area contributed by atoms with Crippen molar-refractivity contribution in [2.24, 2.45) is 5.92 Å². The maximum absolute atomic E-state index is 13.2. The SMILES string of the molecule is COc1ccc(N2CC(C(=O)N3CCCC(Oc4ccc(N(C)C)nn4)C3)CC2=O)cc1. The number of nitrogens with zero attached hydrogens (tertiary/aromatic N) is 5. The molecule has 2 aliphatic heterocycles. The van der Waals surface area contributed by atoms with E-state index in [-0.39, 0.29) is 30.3 Å². The Kier molecular flexibility index (Phi) is 6.43. The Morgan fingerprint density at radius 3 is 2.53 bits per heavy atom. The van der Waals surface area contributed by atoms with Gasteiger partial charge in [0.15, 0.2) is 5.82 Å².